The van der Waals surface area contributed by atoms with Gasteiger partial charge < -0.3 is 0 Å². The van der Waals surface area contributed by atoms with Gasteiger partial charge in [-0.2, -0.15) is 0 Å². The van der Waals surface area contributed by atoms with Gasteiger partial charge in [-0.1, -0.05) is 0 Å². The summed E-state index contributed by atoms with van der Waals surface area (Å²) in [6.45, 7) is 9.30. The van der Waals surface area contributed by atoms with Gasteiger partial charge in [0.15, 0.2) is 0 Å². The van der Waals surface area contributed by atoms with Crippen molar-refractivity contribution < 1.29 is 20.3 Å². The first-order valence-corrected chi connectivity index (χ1v) is 14.0. The van der Waals surface area contributed by atoms with E-state index in [9.17, 15) is 0 Å². The molecule has 0 unspecified atom stereocenters. The van der Waals surface area contributed by atoms with Crippen LogP contribution in [-0.4, -0.2) is 0 Å². The number of allylic oxidation sites excluding steroid dienone is 8. The first-order chi connectivity index (χ1) is 7.85. The van der Waals surface area contributed by atoms with Crippen LogP contribution in [0.15, 0.2) is 41.0 Å². The molecular weight excluding hydrogens is 283 g/mol. The first-order valence-electron chi connectivity index (χ1n) is 6.60. The van der Waals surface area contributed by atoms with Crippen LogP contribution in [-0.2, 0) is 20.3 Å². The molecule has 0 aromatic carbocycles. The Morgan fingerprint density at radius 2 is 1.12 bits per heavy atom. The van der Waals surface area contributed by atoms with Gasteiger partial charge in [-0.3, -0.25) is 0 Å². The van der Waals surface area contributed by atoms with Gasteiger partial charge in [0.05, 0.1) is 0 Å². The van der Waals surface area contributed by atoms with Crippen molar-refractivity contribution >= 4 is 0 Å². The SMILES string of the molecule is CC1=CCC(C)=[C]1[Zr]([CH3])([CH3])[C]1=C(C)CC=C1C. The Morgan fingerprint density at radius 1 is 0.765 bits per heavy atom. The van der Waals surface area contributed by atoms with Crippen LogP contribution in [0.1, 0.15) is 40.5 Å². The van der Waals surface area contributed by atoms with Crippen molar-refractivity contribution in [2.24, 2.45) is 0 Å². The Hall–Kier alpha value is -0.157. The number of rotatable bonds is 2. The number of hydrogen-bond acceptors (Lipinski definition) is 0. The van der Waals surface area contributed by atoms with E-state index in [2.05, 4.69) is 49.1 Å². The Kier molecular flexibility index (Phi) is 3.52. The maximum atomic E-state index is 2.59. The molecule has 0 heterocycles. The molecule has 0 radical (unpaired) electrons. The van der Waals surface area contributed by atoms with Crippen molar-refractivity contribution in [1.29, 1.82) is 0 Å². The summed E-state index contributed by atoms with van der Waals surface area (Å²) in [7, 11) is 0. The molecule has 0 amide bonds. The summed E-state index contributed by atoms with van der Waals surface area (Å²) in [5.74, 6) is 0. The van der Waals surface area contributed by atoms with Gasteiger partial charge in [0.1, 0.15) is 0 Å². The van der Waals surface area contributed by atoms with Crippen molar-refractivity contribution in [2.75, 3.05) is 0 Å². The van der Waals surface area contributed by atoms with E-state index in [1.165, 1.54) is 12.8 Å². The topological polar surface area (TPSA) is 0 Å². The summed E-state index contributed by atoms with van der Waals surface area (Å²) in [6.07, 6.45) is 7.23. The zero-order chi connectivity index (χ0) is 12.8. The molecule has 92 valence electrons. The summed E-state index contributed by atoms with van der Waals surface area (Å²) in [5, 5.41) is 0. The molecule has 2 rings (SSSR count). The molecule has 0 atom stereocenters. The van der Waals surface area contributed by atoms with Gasteiger partial charge in [0.25, 0.3) is 0 Å². The maximum absolute atomic E-state index is 2.59. The van der Waals surface area contributed by atoms with Crippen LogP contribution in [0.4, 0.5) is 0 Å². The van der Waals surface area contributed by atoms with Crippen molar-refractivity contribution in [3.05, 3.63) is 41.0 Å². The van der Waals surface area contributed by atoms with Gasteiger partial charge in [0, 0.05) is 0 Å². The summed E-state index contributed by atoms with van der Waals surface area (Å²) < 4.78 is 8.75. The van der Waals surface area contributed by atoms with Crippen LogP contribution >= 0.6 is 0 Å². The van der Waals surface area contributed by atoms with E-state index in [0.717, 1.165) is 0 Å². The van der Waals surface area contributed by atoms with Gasteiger partial charge in [-0.25, -0.2) is 0 Å². The molecule has 0 saturated carbocycles. The van der Waals surface area contributed by atoms with Crippen LogP contribution in [0.2, 0.25) is 9.26 Å². The van der Waals surface area contributed by atoms with Crippen molar-refractivity contribution in [1.82, 2.24) is 0 Å². The Bertz CT molecular complexity index is 438. The van der Waals surface area contributed by atoms with E-state index < -0.39 is 20.3 Å². The molecule has 0 bridgehead atoms. The normalized spacial score (nSPS) is 21.3. The monoisotopic (exact) mass is 306 g/mol. The fourth-order valence-electron chi connectivity index (χ4n) is 3.87. The second-order valence-corrected chi connectivity index (χ2v) is 16.6. The summed E-state index contributed by atoms with van der Waals surface area (Å²) >= 11 is -2.30. The predicted molar refractivity (Wildman–Crippen MR) is 73.9 cm³/mol. The number of hydrogen-bond donors (Lipinski definition) is 0. The second kappa shape index (κ2) is 4.50. The molecule has 0 aromatic rings. The zero-order valence-corrected chi connectivity index (χ0v) is 14.5. The van der Waals surface area contributed by atoms with Crippen LogP contribution in [0, 0.1) is 0 Å². The molecular formula is C16H24Zr. The molecule has 0 aromatic heterocycles. The summed E-state index contributed by atoms with van der Waals surface area (Å²) in [6, 6.07) is 0. The van der Waals surface area contributed by atoms with Crippen molar-refractivity contribution in [2.45, 2.75) is 49.8 Å². The van der Waals surface area contributed by atoms with E-state index in [4.69, 9.17) is 0 Å². The van der Waals surface area contributed by atoms with Gasteiger partial charge in [-0.05, 0) is 0 Å². The quantitative estimate of drug-likeness (QED) is 0.633. The molecule has 0 aliphatic heterocycles. The van der Waals surface area contributed by atoms with Gasteiger partial charge >= 0.3 is 111 Å². The standard InChI is InChI=1S/2C7H9.2CH3.Zr/c2*1-6-3-4-7(2)5-6;;;/h2*3H,4H2,1-2H3;2*1H3;. The molecule has 1 heteroatoms. The Balaban J connectivity index is 2.52. The molecule has 2 aliphatic rings. The summed E-state index contributed by atoms with van der Waals surface area (Å²) in [5.41, 5.74) is 6.43. The molecule has 0 spiro atoms. The van der Waals surface area contributed by atoms with Gasteiger partial charge in [-0.15, -0.1) is 0 Å². The van der Waals surface area contributed by atoms with Crippen LogP contribution in [0.3, 0.4) is 0 Å². The molecule has 0 saturated heterocycles. The fourth-order valence-corrected chi connectivity index (χ4v) is 15.6. The fraction of sp³-hybridized carbons (Fsp3) is 0.500. The average molecular weight is 308 g/mol. The van der Waals surface area contributed by atoms with E-state index in [0.29, 0.717) is 0 Å². The zero-order valence-electron chi connectivity index (χ0n) is 12.1. The third-order valence-electron chi connectivity index (χ3n) is 4.32. The molecule has 2 aliphatic carbocycles. The van der Waals surface area contributed by atoms with Crippen LogP contribution in [0.25, 0.3) is 0 Å². The average Bonchev–Trinajstić information content (AvgIpc) is 2.71. The van der Waals surface area contributed by atoms with Crippen molar-refractivity contribution in [3.8, 4) is 0 Å². The van der Waals surface area contributed by atoms with E-state index in [-0.39, 0.29) is 0 Å². The van der Waals surface area contributed by atoms with E-state index in [1.807, 2.05) is 0 Å². The first kappa shape index (κ1) is 13.3. The van der Waals surface area contributed by atoms with E-state index in [1.54, 1.807) is 28.9 Å². The molecule has 0 N–H and O–H groups in total. The van der Waals surface area contributed by atoms with Crippen LogP contribution < -0.4 is 0 Å². The minimum absolute atomic E-state index is 1.19. The van der Waals surface area contributed by atoms with E-state index >= 15 is 0 Å². The minimum atomic E-state index is -2.30. The summed E-state index contributed by atoms with van der Waals surface area (Å²) in [4.78, 5) is 0. The molecule has 0 fully saturated rings. The van der Waals surface area contributed by atoms with Crippen LogP contribution in [0.5, 0.6) is 0 Å². The second-order valence-electron chi connectivity index (χ2n) is 6.12. The molecule has 17 heavy (non-hydrogen) atoms. The molecule has 0 nitrogen and oxygen atoms in total. The van der Waals surface area contributed by atoms with Crippen molar-refractivity contribution in [3.63, 3.8) is 0 Å². The Morgan fingerprint density at radius 3 is 1.35 bits per heavy atom. The third kappa shape index (κ3) is 2.12. The third-order valence-corrected chi connectivity index (χ3v) is 14.5. The van der Waals surface area contributed by atoms with Gasteiger partial charge in [0.2, 0.25) is 0 Å². The predicted octanol–water partition coefficient (Wildman–Crippen LogP) is 5.48. The Labute approximate surface area is 111 Å².